The number of primary amides is 1. The Balaban J connectivity index is 2.76. The van der Waals surface area contributed by atoms with E-state index in [9.17, 15) is 4.79 Å². The van der Waals surface area contributed by atoms with Crippen LogP contribution in [0.2, 0.25) is 0 Å². The van der Waals surface area contributed by atoms with Crippen molar-refractivity contribution in [1.82, 2.24) is 0 Å². The summed E-state index contributed by atoms with van der Waals surface area (Å²) in [5, 5.41) is 0.574. The van der Waals surface area contributed by atoms with Crippen LogP contribution in [0.3, 0.4) is 0 Å². The van der Waals surface area contributed by atoms with E-state index in [1.54, 1.807) is 0 Å². The van der Waals surface area contributed by atoms with Crippen LogP contribution in [-0.2, 0) is 4.79 Å². The van der Waals surface area contributed by atoms with E-state index in [0.29, 0.717) is 5.25 Å². The molecule has 0 saturated heterocycles. The molecular formula is C12H17NOS. The van der Waals surface area contributed by atoms with Crippen molar-refractivity contribution in [3.63, 3.8) is 0 Å². The van der Waals surface area contributed by atoms with Gasteiger partial charge in [-0.05, 0) is 24.6 Å². The molecule has 15 heavy (non-hydrogen) atoms. The van der Waals surface area contributed by atoms with Gasteiger partial charge >= 0.3 is 0 Å². The van der Waals surface area contributed by atoms with Crippen LogP contribution in [0.15, 0.2) is 29.2 Å². The number of carbonyl (C=O) groups is 1. The van der Waals surface area contributed by atoms with Crippen molar-refractivity contribution in [2.45, 2.75) is 36.8 Å². The fraction of sp³-hybridized carbons (Fsp3) is 0.417. The standard InChI is InChI=1S/C12H17NOS/c1-8(2)15-11-6-4-10(5-7-11)9(3)12(13)14/h4-9H,1-3H3,(H2,13,14). The number of carbonyl (C=O) groups excluding carboxylic acids is 1. The van der Waals surface area contributed by atoms with Gasteiger partial charge in [-0.15, -0.1) is 11.8 Å². The van der Waals surface area contributed by atoms with E-state index in [0.717, 1.165) is 5.56 Å². The molecule has 82 valence electrons. The Bertz CT molecular complexity index is 332. The predicted octanol–water partition coefficient (Wildman–Crippen LogP) is 2.78. The molecule has 1 amide bonds. The van der Waals surface area contributed by atoms with Gasteiger partial charge in [0, 0.05) is 10.1 Å². The molecule has 2 N–H and O–H groups in total. The molecule has 0 aliphatic carbocycles. The van der Waals surface area contributed by atoms with Crippen LogP contribution >= 0.6 is 11.8 Å². The zero-order valence-electron chi connectivity index (χ0n) is 9.36. The van der Waals surface area contributed by atoms with Gasteiger partial charge in [0.2, 0.25) is 5.91 Å². The molecule has 3 heteroatoms. The third-order valence-corrected chi connectivity index (χ3v) is 3.19. The average Bonchev–Trinajstić information content (AvgIpc) is 2.17. The largest absolute Gasteiger partial charge is 0.369 e. The number of nitrogens with two attached hydrogens (primary N) is 1. The molecule has 1 rings (SSSR count). The van der Waals surface area contributed by atoms with Crippen molar-refractivity contribution in [3.05, 3.63) is 29.8 Å². The van der Waals surface area contributed by atoms with E-state index in [-0.39, 0.29) is 11.8 Å². The Morgan fingerprint density at radius 3 is 2.13 bits per heavy atom. The molecule has 0 spiro atoms. The summed E-state index contributed by atoms with van der Waals surface area (Å²) in [7, 11) is 0. The summed E-state index contributed by atoms with van der Waals surface area (Å²) in [6.45, 7) is 6.14. The third kappa shape index (κ3) is 3.59. The summed E-state index contributed by atoms with van der Waals surface area (Å²) in [6, 6.07) is 8.03. The van der Waals surface area contributed by atoms with Gasteiger partial charge < -0.3 is 5.73 Å². The SMILES string of the molecule is CC(C)Sc1ccc(C(C)C(N)=O)cc1. The first-order valence-corrected chi connectivity index (χ1v) is 5.94. The average molecular weight is 223 g/mol. The van der Waals surface area contributed by atoms with Gasteiger partial charge in [0.25, 0.3) is 0 Å². The normalized spacial score (nSPS) is 12.8. The summed E-state index contributed by atoms with van der Waals surface area (Å²) >= 11 is 1.81. The van der Waals surface area contributed by atoms with Crippen LogP contribution in [0.5, 0.6) is 0 Å². The van der Waals surface area contributed by atoms with Gasteiger partial charge in [-0.2, -0.15) is 0 Å². The molecule has 0 radical (unpaired) electrons. The third-order valence-electron chi connectivity index (χ3n) is 2.18. The molecule has 0 bridgehead atoms. The van der Waals surface area contributed by atoms with Crippen molar-refractivity contribution in [2.24, 2.45) is 5.73 Å². The molecular weight excluding hydrogens is 206 g/mol. The molecule has 1 atom stereocenters. The number of amides is 1. The molecule has 1 unspecified atom stereocenters. The van der Waals surface area contributed by atoms with Crippen molar-refractivity contribution >= 4 is 17.7 Å². The Morgan fingerprint density at radius 1 is 1.20 bits per heavy atom. The maximum atomic E-state index is 11.0. The molecule has 0 heterocycles. The van der Waals surface area contributed by atoms with Gasteiger partial charge in [-0.3, -0.25) is 4.79 Å². The van der Waals surface area contributed by atoms with Gasteiger partial charge in [-0.1, -0.05) is 26.0 Å². The van der Waals surface area contributed by atoms with E-state index in [2.05, 4.69) is 13.8 Å². The predicted molar refractivity (Wildman–Crippen MR) is 65.0 cm³/mol. The maximum absolute atomic E-state index is 11.0. The molecule has 1 aromatic rings. The quantitative estimate of drug-likeness (QED) is 0.798. The summed E-state index contributed by atoms with van der Waals surface area (Å²) in [6.07, 6.45) is 0. The molecule has 0 aliphatic heterocycles. The van der Waals surface area contributed by atoms with Crippen LogP contribution in [-0.4, -0.2) is 11.2 Å². The smallest absolute Gasteiger partial charge is 0.224 e. The second-order valence-corrected chi connectivity index (χ2v) is 5.51. The highest BCUT2D eigenvalue weighted by Crippen LogP contribution is 2.24. The van der Waals surface area contributed by atoms with Crippen LogP contribution < -0.4 is 5.73 Å². The monoisotopic (exact) mass is 223 g/mol. The number of hydrogen-bond acceptors (Lipinski definition) is 2. The van der Waals surface area contributed by atoms with Crippen LogP contribution in [0, 0.1) is 0 Å². The van der Waals surface area contributed by atoms with Crippen molar-refractivity contribution in [2.75, 3.05) is 0 Å². The Kier molecular flexibility index (Phi) is 4.21. The van der Waals surface area contributed by atoms with Gasteiger partial charge in [-0.25, -0.2) is 0 Å². The molecule has 1 aromatic carbocycles. The highest BCUT2D eigenvalue weighted by molar-refractivity contribution is 7.99. The van der Waals surface area contributed by atoms with Crippen molar-refractivity contribution in [1.29, 1.82) is 0 Å². The fourth-order valence-corrected chi connectivity index (χ4v) is 2.11. The van der Waals surface area contributed by atoms with E-state index >= 15 is 0 Å². The molecule has 0 fully saturated rings. The second kappa shape index (κ2) is 5.21. The first-order chi connectivity index (χ1) is 7.00. The molecule has 0 saturated carbocycles. The number of hydrogen-bond donors (Lipinski definition) is 1. The Hall–Kier alpha value is -0.960. The minimum absolute atomic E-state index is 0.205. The number of thioether (sulfide) groups is 1. The van der Waals surface area contributed by atoms with Crippen LogP contribution in [0.25, 0.3) is 0 Å². The number of rotatable bonds is 4. The minimum Gasteiger partial charge on any atom is -0.369 e. The number of benzene rings is 1. The molecule has 0 aromatic heterocycles. The summed E-state index contributed by atoms with van der Waals surface area (Å²) in [5.74, 6) is -0.484. The minimum atomic E-state index is -0.278. The van der Waals surface area contributed by atoms with Gasteiger partial charge in [0.15, 0.2) is 0 Å². The lowest BCUT2D eigenvalue weighted by atomic mass is 10.0. The molecule has 2 nitrogen and oxygen atoms in total. The Labute approximate surface area is 95.2 Å². The van der Waals surface area contributed by atoms with Crippen LogP contribution in [0.4, 0.5) is 0 Å². The lowest BCUT2D eigenvalue weighted by Crippen LogP contribution is -2.18. The lowest BCUT2D eigenvalue weighted by Gasteiger charge is -2.09. The van der Waals surface area contributed by atoms with E-state index in [1.165, 1.54) is 4.90 Å². The van der Waals surface area contributed by atoms with E-state index in [1.807, 2.05) is 43.0 Å². The first-order valence-electron chi connectivity index (χ1n) is 5.06. The lowest BCUT2D eigenvalue weighted by molar-refractivity contribution is -0.119. The van der Waals surface area contributed by atoms with Gasteiger partial charge in [0.05, 0.1) is 5.92 Å². The van der Waals surface area contributed by atoms with E-state index in [4.69, 9.17) is 5.73 Å². The van der Waals surface area contributed by atoms with Gasteiger partial charge in [0.1, 0.15) is 0 Å². The zero-order chi connectivity index (χ0) is 11.4. The summed E-state index contributed by atoms with van der Waals surface area (Å²) in [4.78, 5) is 12.2. The Morgan fingerprint density at radius 2 is 1.73 bits per heavy atom. The first kappa shape index (κ1) is 12.1. The zero-order valence-corrected chi connectivity index (χ0v) is 10.2. The van der Waals surface area contributed by atoms with Crippen molar-refractivity contribution < 1.29 is 4.79 Å². The second-order valence-electron chi connectivity index (χ2n) is 3.86. The highest BCUT2D eigenvalue weighted by Gasteiger charge is 2.10. The summed E-state index contributed by atoms with van der Waals surface area (Å²) in [5.41, 5.74) is 6.22. The topological polar surface area (TPSA) is 43.1 Å². The van der Waals surface area contributed by atoms with E-state index < -0.39 is 0 Å². The summed E-state index contributed by atoms with van der Waals surface area (Å²) < 4.78 is 0. The fourth-order valence-electron chi connectivity index (χ4n) is 1.27. The van der Waals surface area contributed by atoms with Crippen molar-refractivity contribution in [3.8, 4) is 0 Å². The van der Waals surface area contributed by atoms with Crippen LogP contribution in [0.1, 0.15) is 32.3 Å². The molecule has 0 aliphatic rings. The highest BCUT2D eigenvalue weighted by atomic mass is 32.2. The maximum Gasteiger partial charge on any atom is 0.224 e.